The first-order valence-corrected chi connectivity index (χ1v) is 7.16. The molecule has 8 heteroatoms. The lowest BCUT2D eigenvalue weighted by Gasteiger charge is -2.44. The molecule has 2 aromatic rings. The zero-order valence-corrected chi connectivity index (χ0v) is 12.2. The van der Waals surface area contributed by atoms with Crippen molar-refractivity contribution in [3.05, 3.63) is 17.7 Å². The molecule has 2 atom stereocenters. The summed E-state index contributed by atoms with van der Waals surface area (Å²) in [5, 5.41) is 19.8. The Labute approximate surface area is 126 Å². The van der Waals surface area contributed by atoms with E-state index >= 15 is 0 Å². The normalized spacial score (nSPS) is 27.0. The predicted octanol–water partition coefficient (Wildman–Crippen LogP) is 0.533. The quantitative estimate of drug-likeness (QED) is 0.792. The van der Waals surface area contributed by atoms with Crippen LogP contribution in [0.4, 0.5) is 0 Å². The number of fused-ring (bicyclic) bond motifs is 2. The first kappa shape index (κ1) is 13.5. The predicted molar refractivity (Wildman–Crippen MR) is 74.7 cm³/mol. The summed E-state index contributed by atoms with van der Waals surface area (Å²) in [5.41, 5.74) is 4.02. The number of carbonyl (C=O) groups is 1. The van der Waals surface area contributed by atoms with Crippen molar-refractivity contribution in [2.45, 2.75) is 38.0 Å². The van der Waals surface area contributed by atoms with Crippen LogP contribution < -0.4 is 10.2 Å². The molecule has 1 amide bonds. The highest BCUT2D eigenvalue weighted by Crippen LogP contribution is 2.44. The van der Waals surface area contributed by atoms with Crippen LogP contribution in [0.3, 0.4) is 0 Å². The molecule has 1 aromatic carbocycles. The van der Waals surface area contributed by atoms with Crippen molar-refractivity contribution in [2.75, 3.05) is 6.54 Å². The zero-order chi connectivity index (χ0) is 15.5. The number of hydrogen-bond donors (Lipinski definition) is 2. The second-order valence-electron chi connectivity index (χ2n) is 6.16. The largest absolute Gasteiger partial charge is 0.485 e. The third-order valence-electron chi connectivity index (χ3n) is 4.26. The molecule has 2 aliphatic rings. The number of ether oxygens (including phenoxy) is 1. The lowest BCUT2D eigenvalue weighted by atomic mass is 9.86. The van der Waals surface area contributed by atoms with Crippen LogP contribution in [-0.2, 0) is 4.79 Å². The molecule has 0 spiro atoms. The highest BCUT2D eigenvalue weighted by molar-refractivity contribution is 5.80. The van der Waals surface area contributed by atoms with Gasteiger partial charge in [0.25, 0.3) is 0 Å². The van der Waals surface area contributed by atoms with Crippen molar-refractivity contribution in [1.82, 2.24) is 20.7 Å². The lowest BCUT2D eigenvalue weighted by molar-refractivity contribution is -0.144. The maximum Gasteiger partial charge on any atom is 0.238 e. The molecule has 0 radical (unpaired) electrons. The van der Waals surface area contributed by atoms with Crippen LogP contribution in [0, 0.1) is 0 Å². The van der Waals surface area contributed by atoms with Crippen molar-refractivity contribution < 1.29 is 19.3 Å². The number of hydrogen-bond acceptors (Lipinski definition) is 7. The number of aromatic nitrogens is 2. The summed E-state index contributed by atoms with van der Waals surface area (Å²) in [6.45, 7) is 4.14. The number of amides is 1. The number of benzene rings is 1. The Morgan fingerprint density at radius 3 is 2.77 bits per heavy atom. The fourth-order valence-corrected chi connectivity index (χ4v) is 3.07. The van der Waals surface area contributed by atoms with Gasteiger partial charge in [-0.2, -0.15) is 0 Å². The number of nitrogens with one attached hydrogen (secondary N) is 1. The van der Waals surface area contributed by atoms with Gasteiger partial charge in [0.15, 0.2) is 0 Å². The fraction of sp³-hybridized carbons (Fsp3) is 0.500. The third kappa shape index (κ3) is 1.80. The van der Waals surface area contributed by atoms with Gasteiger partial charge in [0.1, 0.15) is 34.5 Å². The average molecular weight is 304 g/mol. The van der Waals surface area contributed by atoms with Gasteiger partial charge in [-0.15, -0.1) is 0 Å². The Balaban J connectivity index is 1.90. The van der Waals surface area contributed by atoms with E-state index in [0.29, 0.717) is 35.3 Å². The standard InChI is InChI=1S/C14H16N4O4/c1-14(2)13(20)12(18-11(19)3-4-15-18)7-5-8-9(17-22-16-8)6-10(7)21-14/h5-6,12-13,15,20H,3-4H2,1-2H3. The molecule has 116 valence electrons. The van der Waals surface area contributed by atoms with E-state index in [9.17, 15) is 9.90 Å². The number of carbonyl (C=O) groups excluding carboxylic acids is 1. The van der Waals surface area contributed by atoms with Gasteiger partial charge in [0.05, 0.1) is 0 Å². The Hall–Kier alpha value is -2.19. The van der Waals surface area contributed by atoms with E-state index in [0.717, 1.165) is 0 Å². The minimum absolute atomic E-state index is 0.0499. The van der Waals surface area contributed by atoms with Gasteiger partial charge in [-0.1, -0.05) is 0 Å². The fourth-order valence-electron chi connectivity index (χ4n) is 3.07. The van der Waals surface area contributed by atoms with Crippen LogP contribution in [0.1, 0.15) is 31.9 Å². The molecule has 0 saturated carbocycles. The molecular weight excluding hydrogens is 288 g/mol. The maximum absolute atomic E-state index is 12.1. The number of hydrazine groups is 1. The Bertz CT molecular complexity index is 756. The highest BCUT2D eigenvalue weighted by Gasteiger charge is 2.48. The molecule has 4 rings (SSSR count). The molecule has 3 heterocycles. The average Bonchev–Trinajstić information content (AvgIpc) is 3.07. The number of aliphatic hydroxyl groups excluding tert-OH is 1. The number of aliphatic hydroxyl groups is 1. The molecule has 0 aliphatic carbocycles. The molecule has 2 unspecified atom stereocenters. The summed E-state index contributed by atoms with van der Waals surface area (Å²) in [6, 6.07) is 2.93. The van der Waals surface area contributed by atoms with E-state index in [1.807, 2.05) is 0 Å². The van der Waals surface area contributed by atoms with Crippen molar-refractivity contribution >= 4 is 16.9 Å². The van der Waals surface area contributed by atoms with Gasteiger partial charge >= 0.3 is 0 Å². The van der Waals surface area contributed by atoms with Crippen molar-refractivity contribution in [3.8, 4) is 5.75 Å². The van der Waals surface area contributed by atoms with Crippen LogP contribution in [0.25, 0.3) is 11.0 Å². The van der Waals surface area contributed by atoms with E-state index in [-0.39, 0.29) is 5.91 Å². The summed E-state index contributed by atoms with van der Waals surface area (Å²) in [4.78, 5) is 12.1. The second kappa shape index (κ2) is 4.40. The van der Waals surface area contributed by atoms with E-state index in [1.54, 1.807) is 26.0 Å². The number of nitrogens with zero attached hydrogens (tertiary/aromatic N) is 3. The van der Waals surface area contributed by atoms with Crippen molar-refractivity contribution in [2.24, 2.45) is 0 Å². The molecule has 1 aromatic heterocycles. The van der Waals surface area contributed by atoms with Gasteiger partial charge in [-0.25, -0.2) is 10.1 Å². The Morgan fingerprint density at radius 1 is 1.36 bits per heavy atom. The molecule has 2 N–H and O–H groups in total. The van der Waals surface area contributed by atoms with Gasteiger partial charge in [-0.05, 0) is 30.2 Å². The number of rotatable bonds is 1. The zero-order valence-electron chi connectivity index (χ0n) is 12.2. The highest BCUT2D eigenvalue weighted by atomic mass is 16.6. The van der Waals surface area contributed by atoms with Crippen LogP contribution in [0.2, 0.25) is 0 Å². The first-order chi connectivity index (χ1) is 10.5. The summed E-state index contributed by atoms with van der Waals surface area (Å²) in [5.74, 6) is 0.524. The Kier molecular flexibility index (Phi) is 2.70. The summed E-state index contributed by atoms with van der Waals surface area (Å²) < 4.78 is 10.6. The van der Waals surface area contributed by atoms with Crippen LogP contribution >= 0.6 is 0 Å². The summed E-state index contributed by atoms with van der Waals surface area (Å²) in [7, 11) is 0. The summed E-state index contributed by atoms with van der Waals surface area (Å²) in [6.07, 6.45) is -0.472. The maximum atomic E-state index is 12.1. The van der Waals surface area contributed by atoms with E-state index < -0.39 is 17.7 Å². The molecule has 2 aliphatic heterocycles. The third-order valence-corrected chi connectivity index (χ3v) is 4.26. The Morgan fingerprint density at radius 2 is 2.09 bits per heavy atom. The van der Waals surface area contributed by atoms with E-state index in [2.05, 4.69) is 15.7 Å². The molecule has 1 fully saturated rings. The van der Waals surface area contributed by atoms with Crippen molar-refractivity contribution in [1.29, 1.82) is 0 Å². The summed E-state index contributed by atoms with van der Waals surface area (Å²) >= 11 is 0. The lowest BCUT2D eigenvalue weighted by Crippen LogP contribution is -2.55. The van der Waals surface area contributed by atoms with Gasteiger partial charge < -0.3 is 9.84 Å². The monoisotopic (exact) mass is 304 g/mol. The van der Waals surface area contributed by atoms with Crippen molar-refractivity contribution in [3.63, 3.8) is 0 Å². The molecule has 8 nitrogen and oxygen atoms in total. The molecule has 0 bridgehead atoms. The first-order valence-electron chi connectivity index (χ1n) is 7.16. The molecular formula is C14H16N4O4. The minimum Gasteiger partial charge on any atom is -0.485 e. The SMILES string of the molecule is CC1(C)Oc2cc3nonc3cc2C(N2NCCC2=O)C1O. The molecule has 22 heavy (non-hydrogen) atoms. The van der Waals surface area contributed by atoms with Crippen LogP contribution in [0.5, 0.6) is 5.75 Å². The van der Waals surface area contributed by atoms with Gasteiger partial charge in [0.2, 0.25) is 5.91 Å². The van der Waals surface area contributed by atoms with Gasteiger partial charge in [0, 0.05) is 24.6 Å². The van der Waals surface area contributed by atoms with Gasteiger partial charge in [-0.3, -0.25) is 9.80 Å². The smallest absolute Gasteiger partial charge is 0.238 e. The second-order valence-corrected chi connectivity index (χ2v) is 6.16. The minimum atomic E-state index is -0.883. The molecule has 1 saturated heterocycles. The van der Waals surface area contributed by atoms with E-state index in [1.165, 1.54) is 5.01 Å². The van der Waals surface area contributed by atoms with Crippen LogP contribution in [-0.4, -0.2) is 44.6 Å². The van der Waals surface area contributed by atoms with E-state index in [4.69, 9.17) is 9.37 Å². The topological polar surface area (TPSA) is 101 Å². The van der Waals surface area contributed by atoms with Crippen LogP contribution in [0.15, 0.2) is 16.8 Å².